The molecule has 2 aromatic rings. The van der Waals surface area contributed by atoms with E-state index in [0.717, 1.165) is 17.0 Å². The summed E-state index contributed by atoms with van der Waals surface area (Å²) in [4.78, 5) is 12.0. The third-order valence-corrected chi connectivity index (χ3v) is 3.10. The second-order valence-electron chi connectivity index (χ2n) is 5.39. The Morgan fingerprint density at radius 2 is 1.81 bits per heavy atom. The monoisotopic (exact) mass is 287 g/mol. The first kappa shape index (κ1) is 15.3. The van der Waals surface area contributed by atoms with E-state index in [1.54, 1.807) is 20.0 Å². The summed E-state index contributed by atoms with van der Waals surface area (Å²) in [6.07, 6.45) is 0.135. The lowest BCUT2D eigenvalue weighted by Gasteiger charge is -2.12. The Balaban J connectivity index is 2.40. The predicted octanol–water partition coefficient (Wildman–Crippen LogP) is 2.25. The minimum atomic E-state index is -0.325. The van der Waals surface area contributed by atoms with Gasteiger partial charge in [0.15, 0.2) is 0 Å². The number of hydrogen-bond donors (Lipinski definition) is 1. The average molecular weight is 287 g/mol. The molecule has 0 fully saturated rings. The molecular formula is C16H21N3O2. The van der Waals surface area contributed by atoms with Gasteiger partial charge in [0.1, 0.15) is 5.75 Å². The van der Waals surface area contributed by atoms with Crippen LogP contribution in [0.2, 0.25) is 0 Å². The van der Waals surface area contributed by atoms with Crippen LogP contribution in [0, 0.1) is 0 Å². The van der Waals surface area contributed by atoms with E-state index in [9.17, 15) is 4.79 Å². The molecule has 2 N–H and O–H groups in total. The highest BCUT2D eigenvalue weighted by Crippen LogP contribution is 2.22. The molecule has 0 amide bonds. The fourth-order valence-electron chi connectivity index (χ4n) is 2.08. The Labute approximate surface area is 124 Å². The lowest BCUT2D eigenvalue weighted by atomic mass is 10.1. The maximum atomic E-state index is 12.0. The molecule has 2 rings (SSSR count). The summed E-state index contributed by atoms with van der Waals surface area (Å²) in [5, 5.41) is 4.28. The summed E-state index contributed by atoms with van der Waals surface area (Å²) in [6.45, 7) is 5.76. The second kappa shape index (κ2) is 6.10. The molecule has 0 aliphatic carbocycles. The number of aromatic nitrogens is 2. The number of hydrogen-bond acceptors (Lipinski definition) is 4. The number of aryl methyl sites for hydroxylation is 1. The van der Waals surface area contributed by atoms with Gasteiger partial charge in [0.25, 0.3) is 5.56 Å². The van der Waals surface area contributed by atoms with Gasteiger partial charge in [0.05, 0.1) is 11.8 Å². The molecule has 112 valence electrons. The standard InChI is InChI=1S/C16H21N3O2/c1-10(2)21-13-7-5-12(6-8-13)15-9-14(11(3)17)16(20)19(4)18-15/h5-11H,17H2,1-4H3. The van der Waals surface area contributed by atoms with Crippen molar-refractivity contribution >= 4 is 0 Å². The molecule has 21 heavy (non-hydrogen) atoms. The zero-order valence-corrected chi connectivity index (χ0v) is 12.8. The molecule has 1 aromatic carbocycles. The molecule has 1 unspecified atom stereocenters. The van der Waals surface area contributed by atoms with Gasteiger partial charge in [-0.25, -0.2) is 4.68 Å². The summed E-state index contributed by atoms with van der Waals surface area (Å²) >= 11 is 0. The van der Waals surface area contributed by atoms with Crippen LogP contribution in [0.25, 0.3) is 11.3 Å². The van der Waals surface area contributed by atoms with E-state index in [4.69, 9.17) is 10.5 Å². The number of benzene rings is 1. The molecule has 0 aliphatic rings. The maximum absolute atomic E-state index is 12.0. The highest BCUT2D eigenvalue weighted by Gasteiger charge is 2.11. The summed E-state index contributed by atoms with van der Waals surface area (Å²) in [5.74, 6) is 0.811. The van der Waals surface area contributed by atoms with E-state index in [-0.39, 0.29) is 17.7 Å². The summed E-state index contributed by atoms with van der Waals surface area (Å²) in [6, 6.07) is 9.08. The minimum Gasteiger partial charge on any atom is -0.491 e. The zero-order chi connectivity index (χ0) is 15.6. The van der Waals surface area contributed by atoms with Crippen molar-refractivity contribution in [3.63, 3.8) is 0 Å². The number of ether oxygens (including phenoxy) is 1. The number of nitrogens with two attached hydrogens (primary N) is 1. The molecule has 0 aliphatic heterocycles. The maximum Gasteiger partial charge on any atom is 0.271 e. The van der Waals surface area contributed by atoms with Gasteiger partial charge in [-0.1, -0.05) is 0 Å². The van der Waals surface area contributed by atoms with Crippen molar-refractivity contribution in [2.24, 2.45) is 12.8 Å². The first-order valence-electron chi connectivity index (χ1n) is 6.99. The molecule has 1 heterocycles. The predicted molar refractivity (Wildman–Crippen MR) is 83.3 cm³/mol. The van der Waals surface area contributed by atoms with Gasteiger partial charge in [-0.3, -0.25) is 4.79 Å². The van der Waals surface area contributed by atoms with Gasteiger partial charge in [-0.15, -0.1) is 0 Å². The van der Waals surface area contributed by atoms with E-state index >= 15 is 0 Å². The van der Waals surface area contributed by atoms with E-state index in [2.05, 4.69) is 5.10 Å². The molecule has 5 nitrogen and oxygen atoms in total. The van der Waals surface area contributed by atoms with Gasteiger partial charge in [-0.05, 0) is 51.1 Å². The normalized spacial score (nSPS) is 12.5. The van der Waals surface area contributed by atoms with Crippen molar-refractivity contribution in [1.29, 1.82) is 0 Å². The fraction of sp³-hybridized carbons (Fsp3) is 0.375. The first-order chi connectivity index (χ1) is 9.88. The Kier molecular flexibility index (Phi) is 4.43. The van der Waals surface area contributed by atoms with Gasteiger partial charge in [-0.2, -0.15) is 5.10 Å². The van der Waals surface area contributed by atoms with E-state index in [1.165, 1.54) is 4.68 Å². The quantitative estimate of drug-likeness (QED) is 0.936. The summed E-state index contributed by atoms with van der Waals surface area (Å²) in [7, 11) is 1.63. The largest absolute Gasteiger partial charge is 0.491 e. The van der Waals surface area contributed by atoms with Crippen LogP contribution in [0.4, 0.5) is 0 Å². The molecule has 0 spiro atoms. The van der Waals surface area contributed by atoms with Gasteiger partial charge in [0, 0.05) is 24.2 Å². The average Bonchev–Trinajstić information content (AvgIpc) is 2.41. The van der Waals surface area contributed by atoms with E-state index in [0.29, 0.717) is 5.56 Å². The summed E-state index contributed by atoms with van der Waals surface area (Å²) in [5.41, 5.74) is 7.89. The lowest BCUT2D eigenvalue weighted by Crippen LogP contribution is -2.27. The van der Waals surface area contributed by atoms with Crippen LogP contribution in [-0.4, -0.2) is 15.9 Å². The minimum absolute atomic E-state index is 0.135. The van der Waals surface area contributed by atoms with Crippen LogP contribution < -0.4 is 16.0 Å². The molecule has 0 bridgehead atoms. The van der Waals surface area contributed by atoms with Crippen molar-refractivity contribution < 1.29 is 4.74 Å². The topological polar surface area (TPSA) is 70.1 Å². The molecular weight excluding hydrogens is 266 g/mol. The highest BCUT2D eigenvalue weighted by atomic mass is 16.5. The van der Waals surface area contributed by atoms with Crippen LogP contribution in [0.3, 0.4) is 0 Å². The highest BCUT2D eigenvalue weighted by molar-refractivity contribution is 5.60. The van der Waals surface area contributed by atoms with Crippen LogP contribution in [0.5, 0.6) is 5.75 Å². The van der Waals surface area contributed by atoms with E-state index < -0.39 is 0 Å². The van der Waals surface area contributed by atoms with Gasteiger partial charge >= 0.3 is 0 Å². The third kappa shape index (κ3) is 3.49. The Morgan fingerprint density at radius 3 is 2.33 bits per heavy atom. The molecule has 5 heteroatoms. The molecule has 1 aromatic heterocycles. The van der Waals surface area contributed by atoms with Gasteiger partial charge < -0.3 is 10.5 Å². The van der Waals surface area contributed by atoms with Crippen molar-refractivity contribution in [3.05, 3.63) is 46.2 Å². The van der Waals surface area contributed by atoms with Crippen molar-refractivity contribution in [2.75, 3.05) is 0 Å². The van der Waals surface area contributed by atoms with Crippen molar-refractivity contribution in [2.45, 2.75) is 32.9 Å². The molecule has 0 saturated heterocycles. The summed E-state index contributed by atoms with van der Waals surface area (Å²) < 4.78 is 6.94. The van der Waals surface area contributed by atoms with E-state index in [1.807, 2.05) is 38.1 Å². The third-order valence-electron chi connectivity index (χ3n) is 3.10. The van der Waals surface area contributed by atoms with Crippen LogP contribution in [0.1, 0.15) is 32.4 Å². The Bertz CT molecular complexity index is 673. The lowest BCUT2D eigenvalue weighted by molar-refractivity contribution is 0.242. The fourth-order valence-corrected chi connectivity index (χ4v) is 2.08. The second-order valence-corrected chi connectivity index (χ2v) is 5.39. The molecule has 0 saturated carbocycles. The molecule has 0 radical (unpaired) electrons. The molecule has 1 atom stereocenters. The zero-order valence-electron chi connectivity index (χ0n) is 12.8. The van der Waals surface area contributed by atoms with Crippen molar-refractivity contribution in [1.82, 2.24) is 9.78 Å². The van der Waals surface area contributed by atoms with Crippen LogP contribution >= 0.6 is 0 Å². The van der Waals surface area contributed by atoms with Gasteiger partial charge in [0.2, 0.25) is 0 Å². The Hall–Kier alpha value is -2.14. The number of rotatable bonds is 4. The first-order valence-corrected chi connectivity index (χ1v) is 6.99. The van der Waals surface area contributed by atoms with Crippen LogP contribution in [0.15, 0.2) is 35.1 Å². The SMILES string of the molecule is CC(C)Oc1ccc(-c2cc(C(C)N)c(=O)n(C)n2)cc1. The van der Waals surface area contributed by atoms with Crippen molar-refractivity contribution in [3.8, 4) is 17.0 Å². The smallest absolute Gasteiger partial charge is 0.271 e. The number of nitrogens with zero attached hydrogens (tertiary/aromatic N) is 2. The van der Waals surface area contributed by atoms with Crippen LogP contribution in [-0.2, 0) is 7.05 Å². The Morgan fingerprint density at radius 1 is 1.19 bits per heavy atom.